The second-order valence-electron chi connectivity index (χ2n) is 17.5. The molecule has 12 aromatic carbocycles. The molecule has 1 aromatic heterocycles. The van der Waals surface area contributed by atoms with E-state index in [0.717, 1.165) is 83.3 Å². The molecule has 0 aliphatic rings. The molecule has 0 saturated carbocycles. The molecule has 13 rings (SSSR count). The van der Waals surface area contributed by atoms with Gasteiger partial charge in [0, 0.05) is 28.0 Å². The molecular formula is C65H42N2O. The summed E-state index contributed by atoms with van der Waals surface area (Å²) in [5.74, 6) is 0.621. The van der Waals surface area contributed by atoms with Crippen LogP contribution in [0.1, 0.15) is 0 Å². The Kier molecular flexibility index (Phi) is 9.50. The predicted octanol–water partition coefficient (Wildman–Crippen LogP) is 18.2. The van der Waals surface area contributed by atoms with Crippen molar-refractivity contribution in [1.82, 2.24) is 4.98 Å². The molecule has 0 radical (unpaired) electrons. The van der Waals surface area contributed by atoms with Crippen molar-refractivity contribution >= 4 is 71.3 Å². The van der Waals surface area contributed by atoms with Crippen LogP contribution in [0, 0.1) is 0 Å². The number of nitrogens with zero attached hydrogens (tertiary/aromatic N) is 2. The molecule has 318 valence electrons. The topological polar surface area (TPSA) is 29.3 Å². The van der Waals surface area contributed by atoms with Crippen molar-refractivity contribution in [3.8, 4) is 56.0 Å². The zero-order valence-electron chi connectivity index (χ0n) is 37.1. The third-order valence-corrected chi connectivity index (χ3v) is 13.4. The highest BCUT2D eigenvalue weighted by Crippen LogP contribution is 2.44. The molecule has 0 atom stereocenters. The summed E-state index contributed by atoms with van der Waals surface area (Å²) in [5, 5.41) is 9.41. The minimum absolute atomic E-state index is 0.621. The number of oxazole rings is 1. The largest absolute Gasteiger partial charge is 0.436 e. The first kappa shape index (κ1) is 39.3. The van der Waals surface area contributed by atoms with E-state index in [9.17, 15) is 0 Å². The maximum absolute atomic E-state index is 6.43. The quantitative estimate of drug-likeness (QED) is 0.152. The van der Waals surface area contributed by atoms with Gasteiger partial charge >= 0.3 is 0 Å². The Labute approximate surface area is 394 Å². The first-order valence-electron chi connectivity index (χ1n) is 23.2. The first-order valence-corrected chi connectivity index (χ1v) is 23.2. The fraction of sp³-hybridized carbons (Fsp3) is 0. The van der Waals surface area contributed by atoms with Gasteiger partial charge in [0.05, 0.1) is 0 Å². The molecule has 0 spiro atoms. The van der Waals surface area contributed by atoms with Gasteiger partial charge in [-0.3, -0.25) is 0 Å². The van der Waals surface area contributed by atoms with Crippen molar-refractivity contribution in [3.63, 3.8) is 0 Å². The van der Waals surface area contributed by atoms with Crippen molar-refractivity contribution in [2.75, 3.05) is 4.90 Å². The van der Waals surface area contributed by atoms with Crippen LogP contribution in [0.15, 0.2) is 259 Å². The number of benzene rings is 12. The molecule has 1 heterocycles. The van der Waals surface area contributed by atoms with E-state index in [4.69, 9.17) is 9.40 Å². The summed E-state index contributed by atoms with van der Waals surface area (Å²) in [6, 6.07) is 91.8. The average Bonchev–Trinajstić information content (AvgIpc) is 3.86. The maximum Gasteiger partial charge on any atom is 0.227 e. The van der Waals surface area contributed by atoms with Crippen molar-refractivity contribution in [2.45, 2.75) is 0 Å². The van der Waals surface area contributed by atoms with Crippen LogP contribution in [-0.2, 0) is 0 Å². The van der Waals surface area contributed by atoms with Crippen molar-refractivity contribution in [1.29, 1.82) is 0 Å². The Morgan fingerprint density at radius 2 is 0.809 bits per heavy atom. The average molecular weight is 867 g/mol. The smallest absolute Gasteiger partial charge is 0.227 e. The van der Waals surface area contributed by atoms with Crippen LogP contribution >= 0.6 is 0 Å². The molecule has 0 aliphatic heterocycles. The fourth-order valence-corrected chi connectivity index (χ4v) is 10.1. The van der Waals surface area contributed by atoms with Crippen LogP contribution in [0.25, 0.3) is 110 Å². The summed E-state index contributed by atoms with van der Waals surface area (Å²) < 4.78 is 6.43. The molecule has 13 aromatic rings. The van der Waals surface area contributed by atoms with Crippen LogP contribution < -0.4 is 4.90 Å². The van der Waals surface area contributed by atoms with Crippen molar-refractivity contribution in [2.24, 2.45) is 0 Å². The fourth-order valence-electron chi connectivity index (χ4n) is 10.1. The lowest BCUT2D eigenvalue weighted by molar-refractivity contribution is 0.620. The lowest BCUT2D eigenvalue weighted by Crippen LogP contribution is -2.10. The molecule has 0 bridgehead atoms. The van der Waals surface area contributed by atoms with Gasteiger partial charge in [0.15, 0.2) is 5.58 Å². The first-order chi connectivity index (χ1) is 33.7. The number of anilines is 3. The van der Waals surface area contributed by atoms with E-state index in [0.29, 0.717) is 5.89 Å². The van der Waals surface area contributed by atoms with Gasteiger partial charge < -0.3 is 9.32 Å². The molecule has 3 nitrogen and oxygen atoms in total. The minimum atomic E-state index is 0.621. The lowest BCUT2D eigenvalue weighted by atomic mass is 9.92. The van der Waals surface area contributed by atoms with Crippen LogP contribution in [0.5, 0.6) is 0 Å². The summed E-state index contributed by atoms with van der Waals surface area (Å²) in [5.41, 5.74) is 15.1. The highest BCUT2D eigenvalue weighted by Gasteiger charge is 2.20. The SMILES string of the molecule is c1ccc(-c2ccc(N(c3cccc(-c4cccc5ccccc45)c3)c3cccc(-c4cccc5ccccc45)c3)cc2-c2ccc3c(ccc4oc(-c5ccc6ccccc6c5)nc43)c2)cc1. The minimum Gasteiger partial charge on any atom is -0.436 e. The van der Waals surface area contributed by atoms with Crippen molar-refractivity contribution in [3.05, 3.63) is 255 Å². The highest BCUT2D eigenvalue weighted by molar-refractivity contribution is 6.06. The number of hydrogen-bond acceptors (Lipinski definition) is 3. The zero-order valence-corrected chi connectivity index (χ0v) is 37.1. The summed E-state index contributed by atoms with van der Waals surface area (Å²) in [6.45, 7) is 0. The Morgan fingerprint density at radius 1 is 0.279 bits per heavy atom. The number of aromatic nitrogens is 1. The molecule has 0 amide bonds. The third-order valence-electron chi connectivity index (χ3n) is 13.4. The number of fused-ring (bicyclic) bond motifs is 6. The Balaban J connectivity index is 0.982. The van der Waals surface area contributed by atoms with Crippen LogP contribution in [0.2, 0.25) is 0 Å². The van der Waals surface area contributed by atoms with Gasteiger partial charge in [0.1, 0.15) is 5.52 Å². The Bertz CT molecular complexity index is 3920. The summed E-state index contributed by atoms with van der Waals surface area (Å²) in [6.07, 6.45) is 0. The Morgan fingerprint density at radius 3 is 1.51 bits per heavy atom. The van der Waals surface area contributed by atoms with Crippen LogP contribution in [-0.4, -0.2) is 4.98 Å². The van der Waals surface area contributed by atoms with E-state index >= 15 is 0 Å². The van der Waals surface area contributed by atoms with Crippen LogP contribution in [0.4, 0.5) is 17.1 Å². The van der Waals surface area contributed by atoms with Gasteiger partial charge in [0.25, 0.3) is 0 Å². The Hall–Kier alpha value is -9.05. The lowest BCUT2D eigenvalue weighted by Gasteiger charge is -2.28. The molecule has 0 fully saturated rings. The third kappa shape index (κ3) is 6.97. The molecule has 0 N–H and O–H groups in total. The van der Waals surface area contributed by atoms with Gasteiger partial charge in [-0.2, -0.15) is 0 Å². The molecular weight excluding hydrogens is 825 g/mol. The summed E-state index contributed by atoms with van der Waals surface area (Å²) in [7, 11) is 0. The van der Waals surface area contributed by atoms with E-state index in [-0.39, 0.29) is 0 Å². The predicted molar refractivity (Wildman–Crippen MR) is 286 cm³/mol. The molecule has 68 heavy (non-hydrogen) atoms. The normalized spacial score (nSPS) is 11.5. The number of rotatable bonds is 8. The molecule has 0 aliphatic carbocycles. The summed E-state index contributed by atoms with van der Waals surface area (Å²) >= 11 is 0. The highest BCUT2D eigenvalue weighted by atomic mass is 16.3. The zero-order chi connectivity index (χ0) is 45.0. The van der Waals surface area contributed by atoms with Crippen molar-refractivity contribution < 1.29 is 4.42 Å². The van der Waals surface area contributed by atoms with Gasteiger partial charge in [-0.05, 0) is 143 Å². The molecule has 0 saturated heterocycles. The molecule has 3 heteroatoms. The van der Waals surface area contributed by atoms with Gasteiger partial charge in [0.2, 0.25) is 5.89 Å². The van der Waals surface area contributed by atoms with E-state index in [1.807, 2.05) is 0 Å². The molecule has 0 unspecified atom stereocenters. The van der Waals surface area contributed by atoms with E-state index < -0.39 is 0 Å². The second-order valence-corrected chi connectivity index (χ2v) is 17.5. The van der Waals surface area contributed by atoms with Crippen LogP contribution in [0.3, 0.4) is 0 Å². The number of hydrogen-bond donors (Lipinski definition) is 0. The van der Waals surface area contributed by atoms with Gasteiger partial charge in [-0.1, -0.05) is 194 Å². The maximum atomic E-state index is 6.43. The summed E-state index contributed by atoms with van der Waals surface area (Å²) in [4.78, 5) is 7.52. The van der Waals surface area contributed by atoms with Gasteiger partial charge in [-0.15, -0.1) is 0 Å². The van der Waals surface area contributed by atoms with Gasteiger partial charge in [-0.25, -0.2) is 4.98 Å². The monoisotopic (exact) mass is 866 g/mol. The second kappa shape index (κ2) is 16.4. The standard InChI is InChI=1S/C65H42N2O/c1-2-15-44(16-3-1)60-36-34-55(42-62(60)51-32-35-61-50(39-51)33-37-63-64(61)66-65(68-63)52-31-30-43-14-4-5-19-47(43)38-52)67(53-24-10-22-48(40-53)58-28-12-20-45-17-6-8-26-56(45)58)54-25-11-23-49(41-54)59-29-13-21-46-18-7-9-27-57(46)59/h1-42H. The van der Waals surface area contributed by atoms with E-state index in [2.05, 4.69) is 260 Å². The van der Waals surface area contributed by atoms with E-state index in [1.54, 1.807) is 0 Å². The van der Waals surface area contributed by atoms with E-state index in [1.165, 1.54) is 38.1 Å².